The van der Waals surface area contributed by atoms with Crippen molar-refractivity contribution in [2.75, 3.05) is 4.90 Å². The van der Waals surface area contributed by atoms with E-state index in [4.69, 9.17) is 0 Å². The summed E-state index contributed by atoms with van der Waals surface area (Å²) in [7, 11) is 0. The van der Waals surface area contributed by atoms with Crippen molar-refractivity contribution >= 4 is 45.1 Å². The van der Waals surface area contributed by atoms with E-state index >= 15 is 0 Å². The fourth-order valence-electron chi connectivity index (χ4n) is 7.26. The molecule has 0 saturated heterocycles. The molecule has 1 nitrogen and oxygen atoms in total. The topological polar surface area (TPSA) is 3.24 Å². The predicted octanol–water partition coefficient (Wildman–Crippen LogP) is 14.3. The van der Waals surface area contributed by atoms with Crippen molar-refractivity contribution in [2.24, 2.45) is 0 Å². The van der Waals surface area contributed by atoms with Crippen molar-refractivity contribution in [3.8, 4) is 22.3 Å². The number of anilines is 3. The van der Waals surface area contributed by atoms with Gasteiger partial charge in [0, 0.05) is 16.8 Å². The average molecular weight is 658 g/mol. The fraction of sp³-hybridized carbons (Fsp3) is 0.0800. The van der Waals surface area contributed by atoms with Gasteiger partial charge in [0.05, 0.1) is 5.69 Å². The highest BCUT2D eigenvalue weighted by atomic mass is 15.1. The van der Waals surface area contributed by atoms with E-state index in [-0.39, 0.29) is 0 Å². The van der Waals surface area contributed by atoms with Crippen molar-refractivity contribution in [3.63, 3.8) is 0 Å². The quantitative estimate of drug-likeness (QED) is 0.133. The van der Waals surface area contributed by atoms with Gasteiger partial charge in [0.2, 0.25) is 0 Å². The van der Waals surface area contributed by atoms with Crippen molar-refractivity contribution in [1.29, 1.82) is 0 Å². The molecule has 0 spiro atoms. The zero-order chi connectivity index (χ0) is 35.2. The lowest BCUT2D eigenvalue weighted by molar-refractivity contribution is 0.989. The maximum absolute atomic E-state index is 4.01. The first kappa shape index (κ1) is 33.3. The van der Waals surface area contributed by atoms with Crippen molar-refractivity contribution in [2.45, 2.75) is 26.7 Å². The van der Waals surface area contributed by atoms with E-state index in [0.29, 0.717) is 0 Å². The minimum absolute atomic E-state index is 1.03. The van der Waals surface area contributed by atoms with Gasteiger partial charge in [0.1, 0.15) is 0 Å². The summed E-state index contributed by atoms with van der Waals surface area (Å²) in [5, 5.41) is 2.53. The summed E-state index contributed by atoms with van der Waals surface area (Å²) in [5.41, 5.74) is 15.4. The fourth-order valence-corrected chi connectivity index (χ4v) is 7.26. The molecular weight excluding hydrogens is 615 g/mol. The van der Waals surface area contributed by atoms with E-state index in [1.54, 1.807) is 6.08 Å². The van der Waals surface area contributed by atoms with Crippen molar-refractivity contribution in [3.05, 3.63) is 205 Å². The Morgan fingerprint density at radius 3 is 2.02 bits per heavy atom. The highest BCUT2D eigenvalue weighted by Gasteiger charge is 2.21. The van der Waals surface area contributed by atoms with Crippen LogP contribution in [0.4, 0.5) is 17.1 Å². The van der Waals surface area contributed by atoms with Crippen LogP contribution in [0.1, 0.15) is 42.5 Å². The lowest BCUT2D eigenvalue weighted by Crippen LogP contribution is -2.12. The molecule has 0 radical (unpaired) electrons. The zero-order valence-corrected chi connectivity index (χ0v) is 29.5. The Morgan fingerprint density at radius 2 is 1.31 bits per heavy atom. The third-order valence-electron chi connectivity index (χ3n) is 9.76. The molecule has 0 N–H and O–H groups in total. The van der Waals surface area contributed by atoms with Gasteiger partial charge >= 0.3 is 0 Å². The van der Waals surface area contributed by atoms with E-state index in [1.807, 2.05) is 12.2 Å². The first-order chi connectivity index (χ1) is 25.1. The number of hydrogen-bond acceptors (Lipinski definition) is 1. The van der Waals surface area contributed by atoms with Gasteiger partial charge < -0.3 is 4.90 Å². The first-order valence-corrected chi connectivity index (χ1v) is 17.8. The Hall–Kier alpha value is -6.18. The van der Waals surface area contributed by atoms with Gasteiger partial charge in [-0.25, -0.2) is 0 Å². The van der Waals surface area contributed by atoms with Crippen LogP contribution in [0.15, 0.2) is 183 Å². The number of fused-ring (bicyclic) bond motifs is 3. The van der Waals surface area contributed by atoms with Crippen LogP contribution in [0.5, 0.6) is 0 Å². The normalized spacial score (nSPS) is 13.0. The maximum Gasteiger partial charge on any atom is 0.0543 e. The number of benzene rings is 6. The minimum Gasteiger partial charge on any atom is -0.310 e. The van der Waals surface area contributed by atoms with Crippen LogP contribution in [-0.4, -0.2) is 0 Å². The molecule has 0 fully saturated rings. The standard InChI is InChI=1S/C50H43N/c1-5-16-36(7-3)38-24-26-41(27-25-38)46-33-32-44(35-49(46)40-18-10-9-11-19-40)51(43-30-28-39(29-31-43)37(8-4)17-6-2)50-34-42-20-12-13-21-45(42)47-22-14-15-23-48(47)50/h5-11,13-19,21-35H,1,3,12,20H2,2,4H3/b17-6-,36-16+,37-8+. The second-order valence-corrected chi connectivity index (χ2v) is 12.8. The van der Waals surface area contributed by atoms with Gasteiger partial charge in [-0.3, -0.25) is 0 Å². The second-order valence-electron chi connectivity index (χ2n) is 12.8. The Morgan fingerprint density at radius 1 is 0.647 bits per heavy atom. The number of hydrogen-bond donors (Lipinski definition) is 0. The van der Waals surface area contributed by atoms with E-state index in [1.165, 1.54) is 55.4 Å². The highest BCUT2D eigenvalue weighted by Crippen LogP contribution is 2.45. The Kier molecular flexibility index (Phi) is 9.90. The molecule has 0 aromatic heterocycles. The lowest BCUT2D eigenvalue weighted by atomic mass is 9.90. The van der Waals surface area contributed by atoms with Crippen LogP contribution in [-0.2, 0) is 6.42 Å². The van der Waals surface area contributed by atoms with E-state index in [9.17, 15) is 0 Å². The summed E-state index contributed by atoms with van der Waals surface area (Å²) < 4.78 is 0. The van der Waals surface area contributed by atoms with E-state index < -0.39 is 0 Å². The van der Waals surface area contributed by atoms with Crippen LogP contribution in [0, 0.1) is 0 Å². The molecule has 7 rings (SSSR count). The molecule has 6 aromatic rings. The van der Waals surface area contributed by atoms with Gasteiger partial charge in [-0.15, -0.1) is 0 Å². The molecule has 0 saturated carbocycles. The zero-order valence-electron chi connectivity index (χ0n) is 29.5. The summed E-state index contributed by atoms with van der Waals surface area (Å²) in [4.78, 5) is 2.45. The molecule has 1 aliphatic rings. The van der Waals surface area contributed by atoms with Crippen LogP contribution in [0.3, 0.4) is 0 Å². The van der Waals surface area contributed by atoms with Gasteiger partial charge in [0.25, 0.3) is 0 Å². The summed E-state index contributed by atoms with van der Waals surface area (Å²) in [5.74, 6) is 0. The minimum atomic E-state index is 1.03. The summed E-state index contributed by atoms with van der Waals surface area (Å²) in [6.07, 6.45) is 18.8. The molecule has 0 unspecified atom stereocenters. The van der Waals surface area contributed by atoms with Crippen LogP contribution in [0.2, 0.25) is 0 Å². The molecule has 6 aromatic carbocycles. The molecule has 51 heavy (non-hydrogen) atoms. The van der Waals surface area contributed by atoms with Crippen molar-refractivity contribution in [1.82, 2.24) is 0 Å². The Bertz CT molecular complexity index is 2330. The summed E-state index contributed by atoms with van der Waals surface area (Å²) in [6.45, 7) is 12.0. The molecule has 0 amide bonds. The molecule has 1 aliphatic carbocycles. The molecule has 248 valence electrons. The monoisotopic (exact) mass is 657 g/mol. The molecular formula is C50H43N. The third kappa shape index (κ3) is 6.72. The molecule has 0 bridgehead atoms. The van der Waals surface area contributed by atoms with Gasteiger partial charge in [0.15, 0.2) is 0 Å². The van der Waals surface area contributed by atoms with Crippen LogP contribution < -0.4 is 4.90 Å². The molecule has 0 aliphatic heterocycles. The molecule has 0 atom stereocenters. The largest absolute Gasteiger partial charge is 0.310 e. The number of rotatable bonds is 10. The highest BCUT2D eigenvalue weighted by molar-refractivity contribution is 6.04. The first-order valence-electron chi connectivity index (χ1n) is 17.8. The number of aryl methyl sites for hydroxylation is 1. The second kappa shape index (κ2) is 15.2. The van der Waals surface area contributed by atoms with Gasteiger partial charge in [-0.05, 0) is 118 Å². The predicted molar refractivity (Wildman–Crippen MR) is 224 cm³/mol. The SMILES string of the molecule is C=C/C=C(\C=C)c1ccc(-c2ccc(N(c3ccc(C(/C=C\C)=C/C)cc3)c3cc4c(c5ccccc35)C=CCC4)cc2-c2ccccc2)cc1. The average Bonchev–Trinajstić information content (AvgIpc) is 3.20. The Labute approximate surface area is 303 Å². The van der Waals surface area contributed by atoms with Crippen LogP contribution in [0.25, 0.3) is 50.2 Å². The summed E-state index contributed by atoms with van der Waals surface area (Å²) >= 11 is 0. The number of allylic oxidation sites excluding steroid dienone is 9. The molecule has 0 heterocycles. The maximum atomic E-state index is 4.01. The smallest absolute Gasteiger partial charge is 0.0543 e. The van der Waals surface area contributed by atoms with E-state index in [2.05, 4.69) is 190 Å². The number of nitrogens with zero attached hydrogens (tertiary/aromatic N) is 1. The van der Waals surface area contributed by atoms with E-state index in [0.717, 1.165) is 40.9 Å². The molecule has 1 heteroatoms. The summed E-state index contributed by atoms with van der Waals surface area (Å²) in [6, 6.07) is 46.7. The van der Waals surface area contributed by atoms with Crippen molar-refractivity contribution < 1.29 is 0 Å². The van der Waals surface area contributed by atoms with Gasteiger partial charge in [-0.1, -0.05) is 159 Å². The Balaban J connectivity index is 1.45. The lowest BCUT2D eigenvalue weighted by Gasteiger charge is -2.30. The third-order valence-corrected chi connectivity index (χ3v) is 9.76. The van der Waals surface area contributed by atoms with Crippen LogP contribution >= 0.6 is 0 Å². The van der Waals surface area contributed by atoms with Gasteiger partial charge in [-0.2, -0.15) is 0 Å².